The monoisotopic (exact) mass is 622 g/mol. The first-order valence-electron chi connectivity index (χ1n) is 14.2. The van der Waals surface area contributed by atoms with Crippen LogP contribution in [0.3, 0.4) is 0 Å². The van der Waals surface area contributed by atoms with Crippen molar-refractivity contribution < 1.29 is 45.4 Å². The van der Waals surface area contributed by atoms with Crippen LogP contribution in [0.25, 0.3) is 0 Å². The Hall–Kier alpha value is -3.77. The number of morpholine rings is 1. The third-order valence-corrected chi connectivity index (χ3v) is 7.38. The van der Waals surface area contributed by atoms with E-state index in [-0.39, 0.29) is 50.4 Å². The van der Waals surface area contributed by atoms with E-state index in [1.165, 1.54) is 48.7 Å². The smallest absolute Gasteiger partial charge is 0.389 e. The lowest BCUT2D eigenvalue weighted by molar-refractivity contribution is -0.158. The van der Waals surface area contributed by atoms with E-state index in [0.29, 0.717) is 35.2 Å². The molecule has 0 amide bonds. The molecule has 0 spiro atoms. The first-order valence-corrected chi connectivity index (χ1v) is 14.2. The van der Waals surface area contributed by atoms with Gasteiger partial charge in [0.25, 0.3) is 0 Å². The topological polar surface area (TPSA) is 77.5 Å². The molecule has 1 fully saturated rings. The summed E-state index contributed by atoms with van der Waals surface area (Å²) in [4.78, 5) is 28.7. The molecule has 236 valence electrons. The van der Waals surface area contributed by atoms with Crippen LogP contribution in [0.15, 0.2) is 60.9 Å². The number of benzene rings is 2. The highest BCUT2D eigenvalue weighted by Gasteiger charge is 2.29. The Morgan fingerprint density at radius 1 is 1.02 bits per heavy atom. The number of halogens is 6. The molecule has 1 aliphatic heterocycles. The molecule has 0 radical (unpaired) electrons. The van der Waals surface area contributed by atoms with Gasteiger partial charge >= 0.3 is 12.1 Å². The van der Waals surface area contributed by atoms with Crippen molar-refractivity contribution in [1.29, 1.82) is 0 Å². The van der Waals surface area contributed by atoms with Gasteiger partial charge in [0, 0.05) is 31.5 Å². The summed E-state index contributed by atoms with van der Waals surface area (Å²) in [5, 5.41) is 3.13. The second-order valence-electron chi connectivity index (χ2n) is 10.7. The minimum Gasteiger partial charge on any atom is -0.464 e. The molecule has 6 nitrogen and oxygen atoms in total. The van der Waals surface area contributed by atoms with Crippen molar-refractivity contribution in [3.63, 3.8) is 0 Å². The number of ether oxygens (including phenoxy) is 2. The number of ketones is 1. The van der Waals surface area contributed by atoms with Gasteiger partial charge < -0.3 is 14.8 Å². The maximum atomic E-state index is 14.9. The molecular formula is C32H32F6N2O4. The van der Waals surface area contributed by atoms with Crippen molar-refractivity contribution in [2.75, 3.05) is 19.8 Å². The molecule has 0 aliphatic carbocycles. The molecule has 12 heteroatoms. The molecule has 0 bridgehead atoms. The fraction of sp³-hybridized carbons (Fsp3) is 0.406. The minimum atomic E-state index is -4.43. The number of hydrogen-bond acceptors (Lipinski definition) is 6. The summed E-state index contributed by atoms with van der Waals surface area (Å²) in [6.07, 6.45) is -3.64. The van der Waals surface area contributed by atoms with Crippen molar-refractivity contribution in [2.24, 2.45) is 0 Å². The van der Waals surface area contributed by atoms with Gasteiger partial charge in [0.2, 0.25) is 0 Å². The molecule has 3 atom stereocenters. The molecule has 1 aromatic heterocycles. The lowest BCUT2D eigenvalue weighted by atomic mass is 9.86. The van der Waals surface area contributed by atoms with Crippen molar-refractivity contribution in [1.82, 2.24) is 10.3 Å². The number of rotatable bonds is 13. The fourth-order valence-electron chi connectivity index (χ4n) is 5.08. The van der Waals surface area contributed by atoms with Gasteiger partial charge in [-0.15, -0.1) is 0 Å². The molecule has 0 unspecified atom stereocenters. The molecule has 4 rings (SSSR count). The van der Waals surface area contributed by atoms with Crippen LogP contribution in [0.5, 0.6) is 0 Å². The lowest BCUT2D eigenvalue weighted by Gasteiger charge is -2.30. The minimum absolute atomic E-state index is 0.0372. The Morgan fingerprint density at radius 3 is 2.48 bits per heavy atom. The number of nitrogens with one attached hydrogen (secondary N) is 1. The van der Waals surface area contributed by atoms with Crippen LogP contribution in [0.4, 0.5) is 26.3 Å². The Balaban J connectivity index is 1.32. The second-order valence-corrected chi connectivity index (χ2v) is 10.7. The summed E-state index contributed by atoms with van der Waals surface area (Å²) in [5.41, 5.74) is 1.96. The zero-order valence-corrected chi connectivity index (χ0v) is 23.7. The van der Waals surface area contributed by atoms with E-state index in [9.17, 15) is 35.9 Å². The highest BCUT2D eigenvalue weighted by Crippen LogP contribution is 2.30. The third kappa shape index (κ3) is 10.2. The van der Waals surface area contributed by atoms with E-state index < -0.39 is 48.4 Å². The highest BCUT2D eigenvalue weighted by atomic mass is 19.4. The van der Waals surface area contributed by atoms with Crippen LogP contribution >= 0.6 is 0 Å². The highest BCUT2D eigenvalue weighted by molar-refractivity contribution is 5.82. The molecule has 2 heterocycles. The summed E-state index contributed by atoms with van der Waals surface area (Å²) < 4.78 is 89.9. The number of nitrogens with zero attached hydrogens (tertiary/aromatic N) is 1. The van der Waals surface area contributed by atoms with Gasteiger partial charge in [-0.3, -0.25) is 14.6 Å². The molecule has 0 saturated carbocycles. The Bertz CT molecular complexity index is 1410. The lowest BCUT2D eigenvalue weighted by Crippen LogP contribution is -2.49. The van der Waals surface area contributed by atoms with Gasteiger partial charge in [-0.05, 0) is 59.4 Å². The van der Waals surface area contributed by atoms with E-state index in [0.717, 1.165) is 6.20 Å². The maximum absolute atomic E-state index is 14.9. The van der Waals surface area contributed by atoms with E-state index in [2.05, 4.69) is 10.3 Å². The summed E-state index contributed by atoms with van der Waals surface area (Å²) >= 11 is 0. The number of esters is 1. The fourth-order valence-corrected chi connectivity index (χ4v) is 5.08. The van der Waals surface area contributed by atoms with Crippen LogP contribution < -0.4 is 5.32 Å². The predicted molar refractivity (Wildman–Crippen MR) is 148 cm³/mol. The van der Waals surface area contributed by atoms with Crippen LogP contribution in [0.1, 0.15) is 53.9 Å². The molecule has 1 aliphatic rings. The number of Topliss-reactive ketones (excluding diaryl/α,β-unsaturated/α-hetero) is 1. The van der Waals surface area contributed by atoms with E-state index in [4.69, 9.17) is 9.47 Å². The second kappa shape index (κ2) is 15.3. The summed E-state index contributed by atoms with van der Waals surface area (Å²) in [7, 11) is 0. The van der Waals surface area contributed by atoms with Crippen LogP contribution in [-0.2, 0) is 31.9 Å². The predicted octanol–water partition coefficient (Wildman–Crippen LogP) is 6.01. The summed E-state index contributed by atoms with van der Waals surface area (Å²) in [5.74, 6) is -3.23. The van der Waals surface area contributed by atoms with Gasteiger partial charge in [0.15, 0.2) is 0 Å². The zero-order valence-electron chi connectivity index (χ0n) is 23.7. The van der Waals surface area contributed by atoms with Gasteiger partial charge in [-0.1, -0.05) is 24.3 Å². The van der Waals surface area contributed by atoms with Gasteiger partial charge in [-0.25, -0.2) is 13.2 Å². The SMILES string of the molecule is O=C(Cc1cccc(F)c1CC[C@@H]1CN[C@H](COC(=O)CCC(F)(F)F)CO1)C[C@H](c1ccc(F)cc1)c1cncc(F)c1. The molecule has 1 saturated heterocycles. The number of carbonyl (C=O) groups is 2. The average molecular weight is 623 g/mol. The largest absolute Gasteiger partial charge is 0.464 e. The van der Waals surface area contributed by atoms with Crippen molar-refractivity contribution >= 4 is 11.8 Å². The first kappa shape index (κ1) is 33.1. The molecule has 2 aromatic carbocycles. The van der Waals surface area contributed by atoms with Crippen molar-refractivity contribution in [3.8, 4) is 0 Å². The molecular weight excluding hydrogens is 590 g/mol. The van der Waals surface area contributed by atoms with Crippen LogP contribution in [0.2, 0.25) is 0 Å². The summed E-state index contributed by atoms with van der Waals surface area (Å²) in [6.45, 7) is 0.377. The Labute approximate surface area is 250 Å². The standard InChI is InChI=1S/C32H32F6N2O4/c33-23-6-4-20(5-7-23)29(22-12-24(34)16-39-15-22)14-26(41)13-21-2-1-3-30(35)28(21)9-8-27-17-40-25(18-43-27)19-44-31(42)10-11-32(36,37)38/h1-7,12,15-16,25,27,29,40H,8-11,13-14,17-19H2/t25-,27+,29+/m0/s1. The van der Waals surface area contributed by atoms with Crippen molar-refractivity contribution in [3.05, 3.63) is 101 Å². The maximum Gasteiger partial charge on any atom is 0.389 e. The van der Waals surface area contributed by atoms with Crippen molar-refractivity contribution in [2.45, 2.75) is 62.8 Å². The Morgan fingerprint density at radius 2 is 1.80 bits per heavy atom. The number of carbonyl (C=O) groups excluding carboxylic acids is 2. The Kier molecular flexibility index (Phi) is 11.5. The molecule has 44 heavy (non-hydrogen) atoms. The van der Waals surface area contributed by atoms with Gasteiger partial charge in [-0.2, -0.15) is 13.2 Å². The number of aromatic nitrogens is 1. The normalized spacial score (nSPS) is 17.7. The quantitative estimate of drug-likeness (QED) is 0.186. The van der Waals surface area contributed by atoms with Crippen LogP contribution in [-0.4, -0.2) is 54.8 Å². The molecule has 1 N–H and O–H groups in total. The zero-order chi connectivity index (χ0) is 31.7. The number of alkyl halides is 3. The van der Waals surface area contributed by atoms with Gasteiger partial charge in [0.05, 0.1) is 37.8 Å². The van der Waals surface area contributed by atoms with E-state index in [1.807, 2.05) is 0 Å². The van der Waals surface area contributed by atoms with Crippen LogP contribution in [0, 0.1) is 17.5 Å². The van der Waals surface area contributed by atoms with E-state index >= 15 is 0 Å². The first-order chi connectivity index (χ1) is 21.0. The number of pyridine rings is 1. The van der Waals surface area contributed by atoms with E-state index in [1.54, 1.807) is 6.07 Å². The molecule has 3 aromatic rings. The number of hydrogen-bond donors (Lipinski definition) is 1. The third-order valence-electron chi connectivity index (χ3n) is 7.38. The summed E-state index contributed by atoms with van der Waals surface area (Å²) in [6, 6.07) is 11.0. The van der Waals surface area contributed by atoms with Gasteiger partial charge in [0.1, 0.15) is 29.8 Å². The average Bonchev–Trinajstić information content (AvgIpc) is 2.98.